The van der Waals surface area contributed by atoms with Gasteiger partial charge in [0, 0.05) is 6.42 Å². The largest absolute Gasteiger partial charge is 0.485 e. The van der Waals surface area contributed by atoms with Crippen LogP contribution in [0.4, 0.5) is 0 Å². The number of allylic oxidation sites excluding steroid dienone is 4. The molecular weight excluding hydrogens is 244 g/mol. The van der Waals surface area contributed by atoms with Crippen molar-refractivity contribution in [2.45, 2.75) is 47.1 Å². The van der Waals surface area contributed by atoms with E-state index in [2.05, 4.69) is 24.8 Å². The highest BCUT2D eigenvalue weighted by atomic mass is 16.5. The summed E-state index contributed by atoms with van der Waals surface area (Å²) >= 11 is 0. The molecule has 0 aliphatic carbocycles. The van der Waals surface area contributed by atoms with E-state index < -0.39 is 0 Å². The molecule has 1 aliphatic heterocycles. The van der Waals surface area contributed by atoms with Crippen LogP contribution < -0.4 is 0 Å². The van der Waals surface area contributed by atoms with Crippen LogP contribution in [-0.2, 0) is 4.74 Å². The molecule has 1 heteroatoms. The van der Waals surface area contributed by atoms with Gasteiger partial charge in [0.05, 0.1) is 0 Å². The predicted molar refractivity (Wildman–Crippen MR) is 89.6 cm³/mol. The van der Waals surface area contributed by atoms with Gasteiger partial charge >= 0.3 is 0 Å². The van der Waals surface area contributed by atoms with Gasteiger partial charge in [0.1, 0.15) is 11.9 Å². The van der Waals surface area contributed by atoms with Crippen LogP contribution in [-0.4, -0.2) is 0 Å². The summed E-state index contributed by atoms with van der Waals surface area (Å²) in [5, 5.41) is 0. The van der Waals surface area contributed by atoms with Crippen LogP contribution >= 0.6 is 0 Å². The molecule has 0 spiro atoms. The molecule has 1 aromatic carbocycles. The van der Waals surface area contributed by atoms with Crippen LogP contribution in [0.15, 0.2) is 66.5 Å². The second kappa shape index (κ2) is 11.1. The molecule has 20 heavy (non-hydrogen) atoms. The van der Waals surface area contributed by atoms with Crippen molar-refractivity contribution in [2.24, 2.45) is 0 Å². The lowest BCUT2D eigenvalue weighted by Gasteiger charge is -2.09. The maximum atomic E-state index is 5.91. The van der Waals surface area contributed by atoms with E-state index in [4.69, 9.17) is 4.74 Å². The number of hydrogen-bond acceptors (Lipinski definition) is 1. The number of hydrogen-bond donors (Lipinski definition) is 0. The normalized spacial score (nSPS) is 20.4. The maximum absolute atomic E-state index is 5.91. The molecular formula is C19H28O. The average Bonchev–Trinajstić information content (AvgIpc) is 2.96. The second-order valence-corrected chi connectivity index (χ2v) is 3.80. The summed E-state index contributed by atoms with van der Waals surface area (Å²) in [4.78, 5) is 0. The standard InChI is InChI=1S/C15H16O.2C2H6/c1-3-8-14-12(4-2)11-15(16-14)13-9-6-5-7-10-13;2*1-2/h3-10,15H,1,11H2,2H3;2*1-2H3/b12-4-,14-8+;;. The first-order valence-corrected chi connectivity index (χ1v) is 7.55. The summed E-state index contributed by atoms with van der Waals surface area (Å²) in [6, 6.07) is 10.3. The van der Waals surface area contributed by atoms with E-state index in [1.54, 1.807) is 6.08 Å². The summed E-state index contributed by atoms with van der Waals surface area (Å²) in [5.41, 5.74) is 2.49. The first kappa shape index (κ1) is 18.2. The van der Waals surface area contributed by atoms with Crippen LogP contribution in [0.25, 0.3) is 0 Å². The third-order valence-corrected chi connectivity index (χ3v) is 2.78. The lowest BCUT2D eigenvalue weighted by molar-refractivity contribution is 0.163. The van der Waals surface area contributed by atoms with Gasteiger partial charge in [-0.3, -0.25) is 0 Å². The fourth-order valence-electron chi connectivity index (χ4n) is 1.94. The minimum Gasteiger partial charge on any atom is -0.485 e. The van der Waals surface area contributed by atoms with E-state index in [1.807, 2.05) is 58.9 Å². The third-order valence-electron chi connectivity index (χ3n) is 2.78. The van der Waals surface area contributed by atoms with E-state index >= 15 is 0 Å². The van der Waals surface area contributed by atoms with Crippen molar-refractivity contribution in [1.29, 1.82) is 0 Å². The smallest absolute Gasteiger partial charge is 0.128 e. The summed E-state index contributed by atoms with van der Waals surface area (Å²) in [7, 11) is 0. The molecule has 2 rings (SSSR count). The maximum Gasteiger partial charge on any atom is 0.128 e. The molecule has 0 N–H and O–H groups in total. The van der Waals surface area contributed by atoms with Crippen molar-refractivity contribution in [1.82, 2.24) is 0 Å². The Bertz CT molecular complexity index is 426. The Labute approximate surface area is 124 Å². The zero-order valence-electron chi connectivity index (χ0n) is 13.5. The van der Waals surface area contributed by atoms with Crippen LogP contribution in [0.1, 0.15) is 52.7 Å². The van der Waals surface area contributed by atoms with E-state index in [1.165, 1.54) is 11.1 Å². The Morgan fingerprint density at radius 3 is 2.20 bits per heavy atom. The van der Waals surface area contributed by atoms with Gasteiger partial charge in [-0.05, 0) is 24.1 Å². The Kier molecular flexibility index (Phi) is 10.1. The SMILES string of the molecule is C=C/C=C1/OC(c2ccccc2)C/C1=C/C.CC.CC. The van der Waals surface area contributed by atoms with Gasteiger partial charge in [0.2, 0.25) is 0 Å². The van der Waals surface area contributed by atoms with Crippen LogP contribution in [0.3, 0.4) is 0 Å². The summed E-state index contributed by atoms with van der Waals surface area (Å²) in [5.74, 6) is 0.950. The van der Waals surface area contributed by atoms with Gasteiger partial charge < -0.3 is 4.74 Å². The van der Waals surface area contributed by atoms with Gasteiger partial charge in [0.15, 0.2) is 0 Å². The first-order chi connectivity index (χ1) is 9.85. The minimum absolute atomic E-state index is 0.151. The molecule has 1 nitrogen and oxygen atoms in total. The highest BCUT2D eigenvalue weighted by molar-refractivity contribution is 5.35. The summed E-state index contributed by atoms with van der Waals surface area (Å²) in [6.07, 6.45) is 6.90. The molecule has 0 aromatic heterocycles. The molecule has 110 valence electrons. The zero-order chi connectivity index (χ0) is 15.4. The van der Waals surface area contributed by atoms with Gasteiger partial charge in [-0.1, -0.05) is 76.8 Å². The van der Waals surface area contributed by atoms with E-state index in [9.17, 15) is 0 Å². The highest BCUT2D eigenvalue weighted by Crippen LogP contribution is 2.38. The number of rotatable bonds is 2. The molecule has 1 saturated heterocycles. The predicted octanol–water partition coefficient (Wildman–Crippen LogP) is 6.22. The van der Waals surface area contributed by atoms with Crippen molar-refractivity contribution in [3.8, 4) is 0 Å². The van der Waals surface area contributed by atoms with E-state index in [0.29, 0.717) is 0 Å². The number of ether oxygens (including phenoxy) is 1. The molecule has 0 saturated carbocycles. The van der Waals surface area contributed by atoms with Crippen LogP contribution in [0.5, 0.6) is 0 Å². The van der Waals surface area contributed by atoms with Gasteiger partial charge in [-0.25, -0.2) is 0 Å². The lowest BCUT2D eigenvalue weighted by atomic mass is 10.0. The third kappa shape index (κ3) is 5.08. The van der Waals surface area contributed by atoms with Crippen LogP contribution in [0.2, 0.25) is 0 Å². The van der Waals surface area contributed by atoms with Crippen LogP contribution in [0, 0.1) is 0 Å². The van der Waals surface area contributed by atoms with Gasteiger partial charge in [-0.2, -0.15) is 0 Å². The molecule has 0 amide bonds. The van der Waals surface area contributed by atoms with Crippen molar-refractivity contribution in [3.63, 3.8) is 0 Å². The molecule has 1 unspecified atom stereocenters. The Hall–Kier alpha value is -1.76. The number of benzene rings is 1. The summed E-state index contributed by atoms with van der Waals surface area (Å²) in [6.45, 7) is 13.8. The van der Waals surface area contributed by atoms with Gasteiger partial charge in [0.25, 0.3) is 0 Å². The molecule has 1 heterocycles. The molecule has 0 bridgehead atoms. The molecule has 1 aliphatic rings. The molecule has 1 aromatic rings. The lowest BCUT2D eigenvalue weighted by Crippen LogP contribution is -1.93. The fraction of sp³-hybridized carbons (Fsp3) is 0.368. The van der Waals surface area contributed by atoms with Crippen molar-refractivity contribution in [3.05, 3.63) is 72.0 Å². The van der Waals surface area contributed by atoms with Gasteiger partial charge in [-0.15, -0.1) is 0 Å². The Morgan fingerprint density at radius 2 is 1.70 bits per heavy atom. The van der Waals surface area contributed by atoms with Crippen molar-refractivity contribution >= 4 is 0 Å². The van der Waals surface area contributed by atoms with E-state index in [0.717, 1.165) is 12.2 Å². The topological polar surface area (TPSA) is 9.23 Å². The molecule has 1 fully saturated rings. The first-order valence-electron chi connectivity index (χ1n) is 7.55. The minimum atomic E-state index is 0.151. The zero-order valence-corrected chi connectivity index (χ0v) is 13.5. The average molecular weight is 272 g/mol. The van der Waals surface area contributed by atoms with Crippen molar-refractivity contribution in [2.75, 3.05) is 0 Å². The highest BCUT2D eigenvalue weighted by Gasteiger charge is 2.25. The molecule has 1 atom stereocenters. The quantitative estimate of drug-likeness (QED) is 0.621. The monoisotopic (exact) mass is 272 g/mol. The van der Waals surface area contributed by atoms with E-state index in [-0.39, 0.29) is 6.10 Å². The second-order valence-electron chi connectivity index (χ2n) is 3.80. The fourth-order valence-corrected chi connectivity index (χ4v) is 1.94. The Balaban J connectivity index is 0.000000829. The molecule has 0 radical (unpaired) electrons. The van der Waals surface area contributed by atoms with Crippen molar-refractivity contribution < 1.29 is 4.74 Å². The summed E-state index contributed by atoms with van der Waals surface area (Å²) < 4.78 is 5.91. The Morgan fingerprint density at radius 1 is 1.10 bits per heavy atom.